The van der Waals surface area contributed by atoms with Crippen LogP contribution in [-0.2, 0) is 16.1 Å². The summed E-state index contributed by atoms with van der Waals surface area (Å²) < 4.78 is 6.81. The number of ether oxygens (including phenoxy) is 1. The van der Waals surface area contributed by atoms with E-state index in [-0.39, 0.29) is 39.6 Å². The molecule has 4 nitrogen and oxygen atoms in total. The van der Waals surface area contributed by atoms with Crippen molar-refractivity contribution in [3.63, 3.8) is 0 Å². The fourth-order valence-corrected chi connectivity index (χ4v) is 14.6. The van der Waals surface area contributed by atoms with Crippen molar-refractivity contribution in [3.05, 3.63) is 72.2 Å². The van der Waals surface area contributed by atoms with E-state index in [0.29, 0.717) is 40.9 Å². The third-order valence-corrected chi connectivity index (χ3v) is 18.1. The molecule has 5 fully saturated rings. The van der Waals surface area contributed by atoms with E-state index < -0.39 is 5.97 Å². The first-order chi connectivity index (χ1) is 24.5. The number of allylic oxidation sites excluding steroid dienone is 3. The predicted octanol–water partition coefficient (Wildman–Crippen LogP) is 12.8. The number of aliphatic carboxylic acids is 1. The molecule has 4 unspecified atom stereocenters. The Labute approximate surface area is 324 Å². The lowest BCUT2D eigenvalue weighted by Gasteiger charge is -2.76. The number of rotatable bonds is 12. The molecule has 0 spiro atoms. The van der Waals surface area contributed by atoms with Gasteiger partial charge < -0.3 is 15.2 Å². The molecule has 0 bridgehead atoms. The molecule has 0 aliphatic heterocycles. The van der Waals surface area contributed by atoms with Gasteiger partial charge in [0.2, 0.25) is 0 Å². The Hall–Kier alpha value is -2.49. The summed E-state index contributed by atoms with van der Waals surface area (Å²) in [7, 11) is 0. The zero-order valence-electron chi connectivity index (χ0n) is 35.5. The van der Waals surface area contributed by atoms with Crippen LogP contribution in [0.3, 0.4) is 0 Å². The summed E-state index contributed by atoms with van der Waals surface area (Å²) >= 11 is 0. The van der Waals surface area contributed by atoms with Crippen molar-refractivity contribution in [3.8, 4) is 0 Å². The first-order valence-electron chi connectivity index (χ1n) is 21.2. The molecule has 4 heteroatoms. The molecular weight excluding hydrogens is 651 g/mol. The SMILES string of the molecule is C=C(C[C@]12CCC(C(=C)C)C1[C@H]1CCC3[C@@]4(C)CC[C@H](OC(=C)CC(C)(C)CC(=O)O)C(C)(C)C4(C)CC[C@@]3(C)[C@]1(C)CC2)NCc1ccc(C)cc1. The number of carbonyl (C=O) groups is 1. The van der Waals surface area contributed by atoms with E-state index in [0.717, 1.165) is 25.1 Å². The fourth-order valence-electron chi connectivity index (χ4n) is 14.6. The third-order valence-electron chi connectivity index (χ3n) is 18.1. The first-order valence-corrected chi connectivity index (χ1v) is 21.2. The molecule has 53 heavy (non-hydrogen) atoms. The smallest absolute Gasteiger partial charge is 0.303 e. The van der Waals surface area contributed by atoms with E-state index in [1.807, 2.05) is 13.8 Å². The van der Waals surface area contributed by atoms with E-state index in [4.69, 9.17) is 4.74 Å². The number of hydrogen-bond acceptors (Lipinski definition) is 3. The Kier molecular flexibility index (Phi) is 10.3. The summed E-state index contributed by atoms with van der Waals surface area (Å²) in [6, 6.07) is 8.91. The molecule has 5 aliphatic carbocycles. The van der Waals surface area contributed by atoms with Gasteiger partial charge >= 0.3 is 5.97 Å². The minimum atomic E-state index is -0.763. The minimum absolute atomic E-state index is 0.0386. The van der Waals surface area contributed by atoms with Crippen LogP contribution in [0.15, 0.2) is 61.0 Å². The highest BCUT2D eigenvalue weighted by molar-refractivity contribution is 5.67. The number of carboxylic acid groups (broad SMARTS) is 1. The van der Waals surface area contributed by atoms with Crippen molar-refractivity contribution in [1.29, 1.82) is 0 Å². The van der Waals surface area contributed by atoms with Gasteiger partial charge in [-0.25, -0.2) is 0 Å². The van der Waals surface area contributed by atoms with Gasteiger partial charge in [0.05, 0.1) is 12.2 Å². The van der Waals surface area contributed by atoms with Gasteiger partial charge in [-0.2, -0.15) is 0 Å². The number of aryl methyl sites for hydroxylation is 1. The molecular formula is C49H75NO3. The Morgan fingerprint density at radius 1 is 0.849 bits per heavy atom. The molecule has 2 N–H and O–H groups in total. The van der Waals surface area contributed by atoms with Crippen LogP contribution in [0.2, 0.25) is 0 Å². The Balaban J connectivity index is 1.23. The molecule has 0 saturated heterocycles. The van der Waals surface area contributed by atoms with E-state index in [9.17, 15) is 9.90 Å². The Morgan fingerprint density at radius 2 is 1.51 bits per heavy atom. The van der Waals surface area contributed by atoms with Crippen LogP contribution in [0.5, 0.6) is 0 Å². The quantitative estimate of drug-likeness (QED) is 0.166. The molecule has 1 aromatic carbocycles. The van der Waals surface area contributed by atoms with E-state index in [1.165, 1.54) is 80.2 Å². The largest absolute Gasteiger partial charge is 0.495 e. The maximum atomic E-state index is 11.5. The zero-order valence-corrected chi connectivity index (χ0v) is 35.5. The third kappa shape index (κ3) is 6.46. The van der Waals surface area contributed by atoms with Crippen molar-refractivity contribution in [2.24, 2.45) is 61.6 Å². The summed E-state index contributed by atoms with van der Waals surface area (Å²) in [5.74, 6) is 2.65. The minimum Gasteiger partial charge on any atom is -0.495 e. The van der Waals surface area contributed by atoms with E-state index in [1.54, 1.807) is 0 Å². The Bertz CT molecular complexity index is 1600. The lowest BCUT2D eigenvalue weighted by molar-refractivity contribution is -0.281. The molecule has 5 aliphatic rings. The van der Waals surface area contributed by atoms with Crippen molar-refractivity contribution >= 4 is 5.97 Å². The molecule has 0 heterocycles. The highest BCUT2D eigenvalue weighted by Gasteiger charge is 2.73. The van der Waals surface area contributed by atoms with Crippen LogP contribution < -0.4 is 5.32 Å². The molecule has 0 amide bonds. The van der Waals surface area contributed by atoms with Crippen LogP contribution in [0, 0.1) is 68.5 Å². The van der Waals surface area contributed by atoms with Gasteiger partial charge in [0.25, 0.3) is 0 Å². The van der Waals surface area contributed by atoms with Gasteiger partial charge in [0.15, 0.2) is 0 Å². The van der Waals surface area contributed by atoms with Gasteiger partial charge in [0, 0.05) is 24.1 Å². The molecule has 0 radical (unpaired) electrons. The lowest BCUT2D eigenvalue weighted by Crippen LogP contribution is -2.70. The van der Waals surface area contributed by atoms with Crippen LogP contribution in [0.1, 0.15) is 157 Å². The summed E-state index contributed by atoms with van der Waals surface area (Å²) in [6.07, 6.45) is 14.4. The van der Waals surface area contributed by atoms with Crippen LogP contribution in [0.25, 0.3) is 0 Å². The summed E-state index contributed by atoms with van der Waals surface area (Å²) in [5.41, 5.74) is 6.06. The maximum absolute atomic E-state index is 11.5. The highest BCUT2D eigenvalue weighted by Crippen LogP contribution is 2.80. The predicted molar refractivity (Wildman–Crippen MR) is 220 cm³/mol. The molecule has 6 rings (SSSR count). The van der Waals surface area contributed by atoms with E-state index in [2.05, 4.69) is 105 Å². The molecule has 0 aromatic heterocycles. The zero-order chi connectivity index (χ0) is 39.0. The van der Waals surface area contributed by atoms with Crippen molar-refractivity contribution < 1.29 is 14.6 Å². The monoisotopic (exact) mass is 726 g/mol. The van der Waals surface area contributed by atoms with E-state index >= 15 is 0 Å². The van der Waals surface area contributed by atoms with Crippen molar-refractivity contribution in [1.82, 2.24) is 5.32 Å². The second-order valence-corrected chi connectivity index (χ2v) is 21.6. The second kappa shape index (κ2) is 13.6. The van der Waals surface area contributed by atoms with Gasteiger partial charge in [-0.1, -0.05) is 111 Å². The number of hydrogen-bond donors (Lipinski definition) is 2. The van der Waals surface area contributed by atoms with Crippen molar-refractivity contribution in [2.75, 3.05) is 0 Å². The first kappa shape index (κ1) is 40.2. The second-order valence-electron chi connectivity index (χ2n) is 21.6. The highest BCUT2D eigenvalue weighted by atomic mass is 16.5. The summed E-state index contributed by atoms with van der Waals surface area (Å²) in [6.45, 7) is 38.8. The van der Waals surface area contributed by atoms with Gasteiger partial charge in [-0.3, -0.25) is 4.79 Å². The normalized spacial score (nSPS) is 40.2. The molecule has 5 saturated carbocycles. The number of carboxylic acids is 1. The summed E-state index contributed by atoms with van der Waals surface area (Å²) in [5, 5.41) is 13.3. The molecule has 10 atom stereocenters. The van der Waals surface area contributed by atoms with Crippen LogP contribution >= 0.6 is 0 Å². The lowest BCUT2D eigenvalue weighted by atomic mass is 9.29. The standard InChI is InChI=1S/C49H75NO3/c1-32(2)37-20-23-49(28-34(4)50-31-36-16-14-33(3)15-17-36)27-25-45(10)38(42(37)49)18-19-39-46(45,11)24-26-48(13)44(8,9)40(21-22-47(39,48)12)53-35(5)29-43(6,7)30-41(51)52/h14-17,37-40,42,50H,1,4-5,18-31H2,2-3,6-13H3,(H,51,52)/t37?,38-,39?,40+,42?,45-,46-,47-,48?,49-/m1/s1. The Morgan fingerprint density at radius 3 is 2.15 bits per heavy atom. The average molecular weight is 726 g/mol. The number of benzene rings is 1. The number of fused-ring (bicyclic) bond motifs is 7. The van der Waals surface area contributed by atoms with Crippen molar-refractivity contribution in [2.45, 2.75) is 165 Å². The van der Waals surface area contributed by atoms with Crippen LogP contribution in [-0.4, -0.2) is 17.2 Å². The van der Waals surface area contributed by atoms with Crippen LogP contribution in [0.4, 0.5) is 0 Å². The number of nitrogens with one attached hydrogen (secondary N) is 1. The van der Waals surface area contributed by atoms with Gasteiger partial charge in [0.1, 0.15) is 6.10 Å². The maximum Gasteiger partial charge on any atom is 0.303 e. The average Bonchev–Trinajstić information content (AvgIpc) is 3.43. The topological polar surface area (TPSA) is 58.6 Å². The molecule has 294 valence electrons. The van der Waals surface area contributed by atoms with Gasteiger partial charge in [-0.15, -0.1) is 0 Å². The summed E-state index contributed by atoms with van der Waals surface area (Å²) in [4.78, 5) is 11.5. The fraction of sp³-hybridized carbons (Fsp3) is 0.735. The van der Waals surface area contributed by atoms with Gasteiger partial charge in [-0.05, 0) is 146 Å². The molecule has 1 aromatic rings.